The second-order valence-corrected chi connectivity index (χ2v) is 8.02. The van der Waals surface area contributed by atoms with Crippen LogP contribution in [0.2, 0.25) is 0 Å². The molecule has 0 unspecified atom stereocenters. The van der Waals surface area contributed by atoms with Crippen molar-refractivity contribution < 1.29 is 17.6 Å². The average Bonchev–Trinajstić information content (AvgIpc) is 2.66. The van der Waals surface area contributed by atoms with E-state index in [-0.39, 0.29) is 23.8 Å². The van der Waals surface area contributed by atoms with Crippen LogP contribution >= 0.6 is 0 Å². The van der Waals surface area contributed by atoms with Crippen molar-refractivity contribution in [3.63, 3.8) is 0 Å². The number of nitrogens with one attached hydrogen (secondary N) is 1. The maximum Gasteiger partial charge on any atom is 0.242 e. The number of sulfonamides is 1. The van der Waals surface area contributed by atoms with E-state index in [9.17, 15) is 17.6 Å². The van der Waals surface area contributed by atoms with E-state index in [0.29, 0.717) is 18.5 Å². The Morgan fingerprint density at radius 1 is 1.22 bits per heavy atom. The summed E-state index contributed by atoms with van der Waals surface area (Å²) in [5.41, 5.74) is 1.34. The number of carbonyl (C=O) groups is 1. The van der Waals surface area contributed by atoms with E-state index in [4.69, 9.17) is 5.26 Å². The van der Waals surface area contributed by atoms with Crippen molar-refractivity contribution in [1.29, 1.82) is 5.26 Å². The highest BCUT2D eigenvalue weighted by atomic mass is 32.2. The quantitative estimate of drug-likeness (QED) is 0.751. The van der Waals surface area contributed by atoms with Crippen molar-refractivity contribution in [3.05, 3.63) is 65.5 Å². The standard InChI is InChI=1S/C19H20FN3O3S/c1-23(27(25,26)18-9-7-17(20)8-10-18)11-3-6-19(24)22-14-16-5-2-4-15(12-16)13-21/h2,4-5,7-10,12H,3,6,11,14H2,1H3,(H,22,24). The van der Waals surface area contributed by atoms with Crippen LogP contribution in [0.1, 0.15) is 24.0 Å². The zero-order chi connectivity index (χ0) is 19.9. The van der Waals surface area contributed by atoms with E-state index in [1.807, 2.05) is 12.1 Å². The highest BCUT2D eigenvalue weighted by molar-refractivity contribution is 7.89. The first-order chi connectivity index (χ1) is 12.8. The second-order valence-electron chi connectivity index (χ2n) is 5.97. The van der Waals surface area contributed by atoms with Gasteiger partial charge in [-0.1, -0.05) is 12.1 Å². The lowest BCUT2D eigenvalue weighted by Gasteiger charge is -2.17. The minimum Gasteiger partial charge on any atom is -0.352 e. The number of benzene rings is 2. The number of rotatable bonds is 8. The Labute approximate surface area is 158 Å². The van der Waals surface area contributed by atoms with Gasteiger partial charge in [0.15, 0.2) is 0 Å². The van der Waals surface area contributed by atoms with Crippen molar-refractivity contribution in [3.8, 4) is 6.07 Å². The molecule has 0 atom stereocenters. The molecule has 0 radical (unpaired) electrons. The summed E-state index contributed by atoms with van der Waals surface area (Å²) in [5, 5.41) is 11.6. The monoisotopic (exact) mass is 389 g/mol. The summed E-state index contributed by atoms with van der Waals surface area (Å²) in [7, 11) is -2.29. The predicted molar refractivity (Wildman–Crippen MR) is 98.5 cm³/mol. The van der Waals surface area contributed by atoms with Crippen LogP contribution in [0, 0.1) is 17.1 Å². The molecule has 142 valence electrons. The van der Waals surface area contributed by atoms with Gasteiger partial charge in [0.2, 0.25) is 15.9 Å². The van der Waals surface area contributed by atoms with Gasteiger partial charge in [-0.2, -0.15) is 5.26 Å². The molecule has 0 spiro atoms. The third-order valence-corrected chi connectivity index (χ3v) is 5.82. The lowest BCUT2D eigenvalue weighted by atomic mass is 10.1. The van der Waals surface area contributed by atoms with Crippen molar-refractivity contribution in [1.82, 2.24) is 9.62 Å². The predicted octanol–water partition coefficient (Wildman–Crippen LogP) is 2.41. The first-order valence-electron chi connectivity index (χ1n) is 8.30. The SMILES string of the molecule is CN(CCCC(=O)NCc1cccc(C#N)c1)S(=O)(=O)c1ccc(F)cc1. The Morgan fingerprint density at radius 3 is 2.59 bits per heavy atom. The minimum absolute atomic E-state index is 0.00762. The number of hydrogen-bond donors (Lipinski definition) is 1. The van der Waals surface area contributed by atoms with Gasteiger partial charge in [0.05, 0.1) is 16.5 Å². The molecule has 1 N–H and O–H groups in total. The van der Waals surface area contributed by atoms with Gasteiger partial charge in [-0.05, 0) is 48.4 Å². The molecule has 6 nitrogen and oxygen atoms in total. The summed E-state index contributed by atoms with van der Waals surface area (Å²) >= 11 is 0. The molecular weight excluding hydrogens is 369 g/mol. The van der Waals surface area contributed by atoms with E-state index >= 15 is 0 Å². The van der Waals surface area contributed by atoms with Crippen LogP contribution in [0.15, 0.2) is 53.4 Å². The van der Waals surface area contributed by atoms with E-state index in [2.05, 4.69) is 5.32 Å². The smallest absolute Gasteiger partial charge is 0.242 e. The fourth-order valence-electron chi connectivity index (χ4n) is 2.41. The van der Waals surface area contributed by atoms with Crippen molar-refractivity contribution in [2.24, 2.45) is 0 Å². The molecule has 0 aliphatic rings. The Hall–Kier alpha value is -2.76. The fourth-order valence-corrected chi connectivity index (χ4v) is 3.62. The zero-order valence-corrected chi connectivity index (χ0v) is 15.7. The lowest BCUT2D eigenvalue weighted by Crippen LogP contribution is -2.29. The van der Waals surface area contributed by atoms with Crippen LogP contribution in [0.25, 0.3) is 0 Å². The summed E-state index contributed by atoms with van der Waals surface area (Å²) in [6, 6.07) is 13.6. The van der Waals surface area contributed by atoms with E-state index < -0.39 is 15.8 Å². The molecular formula is C19H20FN3O3S. The van der Waals surface area contributed by atoms with Gasteiger partial charge in [-0.25, -0.2) is 17.1 Å². The van der Waals surface area contributed by atoms with Crippen molar-refractivity contribution >= 4 is 15.9 Å². The Bertz CT molecular complexity index is 937. The number of nitriles is 1. The average molecular weight is 389 g/mol. The number of hydrogen-bond acceptors (Lipinski definition) is 4. The molecule has 0 bridgehead atoms. The topological polar surface area (TPSA) is 90.3 Å². The molecule has 0 heterocycles. The van der Waals surface area contributed by atoms with Crippen LogP contribution in [-0.4, -0.2) is 32.2 Å². The number of carbonyl (C=O) groups excluding carboxylic acids is 1. The molecule has 0 aliphatic carbocycles. The van der Waals surface area contributed by atoms with Gasteiger partial charge in [0.25, 0.3) is 0 Å². The molecule has 0 saturated carbocycles. The highest BCUT2D eigenvalue weighted by Gasteiger charge is 2.20. The summed E-state index contributed by atoms with van der Waals surface area (Å²) in [6.45, 7) is 0.467. The summed E-state index contributed by atoms with van der Waals surface area (Å²) in [4.78, 5) is 11.9. The molecule has 0 fully saturated rings. The Morgan fingerprint density at radius 2 is 1.93 bits per heavy atom. The zero-order valence-electron chi connectivity index (χ0n) is 14.9. The molecule has 2 aromatic carbocycles. The van der Waals surface area contributed by atoms with Crippen LogP contribution < -0.4 is 5.32 Å². The largest absolute Gasteiger partial charge is 0.352 e. The molecule has 1 amide bonds. The van der Waals surface area contributed by atoms with Gasteiger partial charge in [0, 0.05) is 26.6 Å². The fraction of sp³-hybridized carbons (Fsp3) is 0.263. The van der Waals surface area contributed by atoms with Gasteiger partial charge in [-0.15, -0.1) is 0 Å². The first kappa shape index (κ1) is 20.6. The summed E-state index contributed by atoms with van der Waals surface area (Å²) in [5.74, 6) is -0.710. The van der Waals surface area contributed by atoms with Crippen LogP contribution in [-0.2, 0) is 21.4 Å². The Balaban J connectivity index is 1.80. The number of nitrogens with zero attached hydrogens (tertiary/aromatic N) is 2. The van der Waals surface area contributed by atoms with E-state index in [0.717, 1.165) is 22.0 Å². The van der Waals surface area contributed by atoms with Gasteiger partial charge < -0.3 is 5.32 Å². The molecule has 27 heavy (non-hydrogen) atoms. The first-order valence-corrected chi connectivity index (χ1v) is 9.74. The normalized spacial score (nSPS) is 11.2. The van der Waals surface area contributed by atoms with E-state index in [1.165, 1.54) is 19.2 Å². The maximum atomic E-state index is 12.9. The summed E-state index contributed by atoms with van der Waals surface area (Å²) < 4.78 is 38.8. The molecule has 0 aromatic heterocycles. The van der Waals surface area contributed by atoms with Crippen molar-refractivity contribution in [2.45, 2.75) is 24.3 Å². The lowest BCUT2D eigenvalue weighted by molar-refractivity contribution is -0.121. The second kappa shape index (κ2) is 9.26. The maximum absolute atomic E-state index is 12.9. The third kappa shape index (κ3) is 5.88. The molecule has 8 heteroatoms. The van der Waals surface area contributed by atoms with Crippen LogP contribution in [0.3, 0.4) is 0 Å². The van der Waals surface area contributed by atoms with Crippen LogP contribution in [0.4, 0.5) is 4.39 Å². The molecule has 0 saturated heterocycles. The van der Waals surface area contributed by atoms with E-state index in [1.54, 1.807) is 18.2 Å². The van der Waals surface area contributed by atoms with Gasteiger partial charge in [0.1, 0.15) is 5.82 Å². The third-order valence-electron chi connectivity index (χ3n) is 3.94. The summed E-state index contributed by atoms with van der Waals surface area (Å²) in [6.07, 6.45) is 0.516. The number of amides is 1. The van der Waals surface area contributed by atoms with Crippen molar-refractivity contribution in [2.75, 3.05) is 13.6 Å². The highest BCUT2D eigenvalue weighted by Crippen LogP contribution is 2.15. The van der Waals surface area contributed by atoms with Crippen LogP contribution in [0.5, 0.6) is 0 Å². The van der Waals surface area contributed by atoms with Gasteiger partial charge in [-0.3, -0.25) is 4.79 Å². The Kier molecular flexibility index (Phi) is 7.05. The number of halogens is 1. The molecule has 0 aliphatic heterocycles. The molecule has 2 aromatic rings. The van der Waals surface area contributed by atoms with Gasteiger partial charge >= 0.3 is 0 Å². The minimum atomic E-state index is -3.71. The molecule has 2 rings (SSSR count).